The highest BCUT2D eigenvalue weighted by atomic mass is 16.1. The van der Waals surface area contributed by atoms with Gasteiger partial charge in [-0.2, -0.15) is 5.26 Å². The van der Waals surface area contributed by atoms with E-state index in [9.17, 15) is 10.1 Å². The van der Waals surface area contributed by atoms with Crippen LogP contribution in [0.5, 0.6) is 0 Å². The van der Waals surface area contributed by atoms with Gasteiger partial charge in [-0.15, -0.1) is 0 Å². The lowest BCUT2D eigenvalue weighted by molar-refractivity contribution is -0.122. The minimum Gasteiger partial charge on any atom is -0.367 e. The standard InChI is InChI=1S/C17H15N5O/c1-12-5-4-8-15(20-12)22-10-9-17(21-22,16(19)23)14-7-3-2-6-13(14)11-18/h2-10,21H,1H3,(H2,19,23). The molecular weight excluding hydrogens is 290 g/mol. The molecule has 3 rings (SSSR count). The number of pyridine rings is 1. The highest BCUT2D eigenvalue weighted by Crippen LogP contribution is 2.31. The number of carbonyl (C=O) groups excluding carboxylic acids is 1. The quantitative estimate of drug-likeness (QED) is 0.895. The summed E-state index contributed by atoms with van der Waals surface area (Å²) in [6.45, 7) is 1.88. The normalized spacial score (nSPS) is 19.6. The van der Waals surface area contributed by atoms with Gasteiger partial charge in [0.1, 0.15) is 5.82 Å². The fraction of sp³-hybridized carbons (Fsp3) is 0.118. The van der Waals surface area contributed by atoms with E-state index in [0.29, 0.717) is 16.9 Å². The molecule has 0 aliphatic carbocycles. The van der Waals surface area contributed by atoms with E-state index in [2.05, 4.69) is 16.5 Å². The lowest BCUT2D eigenvalue weighted by Crippen LogP contribution is -2.53. The van der Waals surface area contributed by atoms with Crippen LogP contribution in [-0.4, -0.2) is 10.9 Å². The van der Waals surface area contributed by atoms with Crippen molar-refractivity contribution in [2.24, 2.45) is 5.73 Å². The number of benzene rings is 1. The fourth-order valence-electron chi connectivity index (χ4n) is 2.59. The van der Waals surface area contributed by atoms with Crippen molar-refractivity contribution < 1.29 is 4.79 Å². The lowest BCUT2D eigenvalue weighted by atomic mass is 9.87. The molecule has 0 saturated heterocycles. The highest BCUT2D eigenvalue weighted by molar-refractivity contribution is 5.90. The predicted octanol–water partition coefficient (Wildman–Crippen LogP) is 1.48. The Hall–Kier alpha value is -3.17. The van der Waals surface area contributed by atoms with Crippen LogP contribution in [0.3, 0.4) is 0 Å². The smallest absolute Gasteiger partial charge is 0.248 e. The monoisotopic (exact) mass is 305 g/mol. The van der Waals surface area contributed by atoms with Gasteiger partial charge in [0.15, 0.2) is 5.54 Å². The molecule has 3 N–H and O–H groups in total. The average Bonchev–Trinajstić information content (AvgIpc) is 3.01. The molecule has 0 bridgehead atoms. The molecule has 1 unspecified atom stereocenters. The summed E-state index contributed by atoms with van der Waals surface area (Å²) in [6, 6.07) is 14.6. The van der Waals surface area contributed by atoms with E-state index in [1.54, 1.807) is 41.6 Å². The first kappa shape index (κ1) is 14.8. The zero-order valence-corrected chi connectivity index (χ0v) is 12.5. The second-order valence-electron chi connectivity index (χ2n) is 5.26. The third-order valence-electron chi connectivity index (χ3n) is 3.75. The summed E-state index contributed by atoms with van der Waals surface area (Å²) in [5.41, 5.74) is 9.20. The summed E-state index contributed by atoms with van der Waals surface area (Å²) in [5, 5.41) is 10.9. The van der Waals surface area contributed by atoms with Crippen molar-refractivity contribution in [2.75, 3.05) is 5.01 Å². The number of amides is 1. The Labute approximate surface area is 133 Å². The van der Waals surface area contributed by atoms with Crippen LogP contribution in [0.1, 0.15) is 16.8 Å². The van der Waals surface area contributed by atoms with Gasteiger partial charge in [-0.05, 0) is 31.2 Å². The molecule has 23 heavy (non-hydrogen) atoms. The van der Waals surface area contributed by atoms with Crippen molar-refractivity contribution in [3.8, 4) is 6.07 Å². The number of nitrogens with two attached hydrogens (primary N) is 1. The van der Waals surface area contributed by atoms with Crippen LogP contribution in [0.2, 0.25) is 0 Å². The largest absolute Gasteiger partial charge is 0.367 e. The summed E-state index contributed by atoms with van der Waals surface area (Å²) in [4.78, 5) is 16.6. The van der Waals surface area contributed by atoms with Crippen molar-refractivity contribution in [3.63, 3.8) is 0 Å². The van der Waals surface area contributed by atoms with Crippen molar-refractivity contribution in [1.82, 2.24) is 10.4 Å². The van der Waals surface area contributed by atoms with Crippen LogP contribution >= 0.6 is 0 Å². The summed E-state index contributed by atoms with van der Waals surface area (Å²) >= 11 is 0. The minimum atomic E-state index is -1.28. The first-order valence-corrected chi connectivity index (χ1v) is 7.06. The Morgan fingerprint density at radius 3 is 2.78 bits per heavy atom. The molecular formula is C17H15N5O. The third-order valence-corrected chi connectivity index (χ3v) is 3.75. The van der Waals surface area contributed by atoms with E-state index in [4.69, 9.17) is 5.73 Å². The number of hydrazine groups is 1. The molecule has 6 nitrogen and oxygen atoms in total. The van der Waals surface area contributed by atoms with E-state index < -0.39 is 11.4 Å². The van der Waals surface area contributed by atoms with Gasteiger partial charge >= 0.3 is 0 Å². The number of hydrogen-bond acceptors (Lipinski definition) is 5. The van der Waals surface area contributed by atoms with Crippen LogP contribution in [0.25, 0.3) is 0 Å². The summed E-state index contributed by atoms with van der Waals surface area (Å²) in [6.07, 6.45) is 3.34. The number of hydrogen-bond donors (Lipinski definition) is 2. The van der Waals surface area contributed by atoms with Crippen LogP contribution < -0.4 is 16.2 Å². The van der Waals surface area contributed by atoms with Crippen molar-refractivity contribution in [1.29, 1.82) is 5.26 Å². The van der Waals surface area contributed by atoms with E-state index in [1.165, 1.54) is 0 Å². The van der Waals surface area contributed by atoms with Crippen molar-refractivity contribution in [3.05, 3.63) is 71.6 Å². The zero-order valence-electron chi connectivity index (χ0n) is 12.5. The summed E-state index contributed by atoms with van der Waals surface area (Å²) < 4.78 is 0. The average molecular weight is 305 g/mol. The van der Waals surface area contributed by atoms with Crippen LogP contribution in [0.15, 0.2) is 54.7 Å². The molecule has 0 saturated carbocycles. The first-order valence-electron chi connectivity index (χ1n) is 7.06. The molecule has 1 aromatic carbocycles. The Kier molecular flexibility index (Phi) is 3.56. The van der Waals surface area contributed by atoms with Crippen molar-refractivity contribution in [2.45, 2.75) is 12.5 Å². The SMILES string of the molecule is Cc1cccc(N2C=CC(C(N)=O)(c3ccccc3C#N)N2)n1. The Balaban J connectivity index is 2.05. The number of carbonyl (C=O) groups is 1. The van der Waals surface area contributed by atoms with Crippen LogP contribution in [0.4, 0.5) is 5.82 Å². The van der Waals surface area contributed by atoms with Gasteiger partial charge in [-0.25, -0.2) is 10.4 Å². The number of nitrogens with one attached hydrogen (secondary N) is 1. The maximum absolute atomic E-state index is 12.2. The van der Waals surface area contributed by atoms with E-state index in [-0.39, 0.29) is 0 Å². The maximum atomic E-state index is 12.2. The third kappa shape index (κ3) is 2.43. The number of nitrogens with zero attached hydrogens (tertiary/aromatic N) is 3. The van der Waals surface area contributed by atoms with Gasteiger partial charge < -0.3 is 5.73 Å². The zero-order chi connectivity index (χ0) is 16.4. The van der Waals surface area contributed by atoms with Gasteiger partial charge in [0, 0.05) is 17.5 Å². The molecule has 2 aromatic rings. The number of rotatable bonds is 3. The Bertz CT molecular complexity index is 839. The summed E-state index contributed by atoms with van der Waals surface area (Å²) in [7, 11) is 0. The second kappa shape index (κ2) is 5.55. The molecule has 0 radical (unpaired) electrons. The van der Waals surface area contributed by atoms with Crippen LogP contribution in [0, 0.1) is 18.3 Å². The molecule has 1 aliphatic rings. The molecule has 1 aromatic heterocycles. The van der Waals surface area contributed by atoms with Gasteiger partial charge in [-0.1, -0.05) is 24.3 Å². The molecule has 1 aliphatic heterocycles. The topological polar surface area (TPSA) is 95.0 Å². The van der Waals surface area contributed by atoms with Crippen LogP contribution in [-0.2, 0) is 10.3 Å². The van der Waals surface area contributed by atoms with E-state index >= 15 is 0 Å². The molecule has 114 valence electrons. The minimum absolute atomic E-state index is 0.391. The number of aromatic nitrogens is 1. The molecule has 2 heterocycles. The Morgan fingerprint density at radius 2 is 2.09 bits per heavy atom. The van der Waals surface area contributed by atoms with Gasteiger partial charge in [0.25, 0.3) is 0 Å². The maximum Gasteiger partial charge on any atom is 0.248 e. The molecule has 6 heteroatoms. The number of aryl methyl sites for hydroxylation is 1. The molecule has 1 amide bonds. The summed E-state index contributed by atoms with van der Waals surface area (Å²) in [5.74, 6) is 0.0467. The van der Waals surface area contributed by atoms with E-state index in [0.717, 1.165) is 5.69 Å². The van der Waals surface area contributed by atoms with Gasteiger partial charge in [0.2, 0.25) is 5.91 Å². The second-order valence-corrected chi connectivity index (χ2v) is 5.26. The number of nitriles is 1. The van der Waals surface area contributed by atoms with Gasteiger partial charge in [-0.3, -0.25) is 9.80 Å². The van der Waals surface area contributed by atoms with Gasteiger partial charge in [0.05, 0.1) is 11.6 Å². The van der Waals surface area contributed by atoms with Crippen molar-refractivity contribution >= 4 is 11.7 Å². The molecule has 0 fully saturated rings. The van der Waals surface area contributed by atoms with E-state index in [1.807, 2.05) is 25.1 Å². The highest BCUT2D eigenvalue weighted by Gasteiger charge is 2.43. The first-order chi connectivity index (χ1) is 11.1. The molecule has 1 atom stereocenters. The predicted molar refractivity (Wildman–Crippen MR) is 85.8 cm³/mol. The Morgan fingerprint density at radius 1 is 1.30 bits per heavy atom. The number of anilines is 1. The number of primary amides is 1. The fourth-order valence-corrected chi connectivity index (χ4v) is 2.59. The molecule has 0 spiro atoms. The lowest BCUT2D eigenvalue weighted by Gasteiger charge is -2.29.